The third-order valence-corrected chi connectivity index (χ3v) is 3.90. The number of benzene rings is 1. The normalized spacial score (nSPS) is 18.5. The van der Waals surface area contributed by atoms with E-state index in [0.717, 1.165) is 25.1 Å². The van der Waals surface area contributed by atoms with Crippen LogP contribution >= 0.6 is 0 Å². The summed E-state index contributed by atoms with van der Waals surface area (Å²) in [6.07, 6.45) is 2.03. The predicted molar refractivity (Wildman–Crippen MR) is 75.4 cm³/mol. The number of carbonyl (C=O) groups excluding carboxylic acids is 1. The molecule has 0 unspecified atom stereocenters. The Balaban J connectivity index is 1.90. The molecule has 20 heavy (non-hydrogen) atoms. The summed E-state index contributed by atoms with van der Waals surface area (Å²) in [6, 6.07) is 10.1. The van der Waals surface area contributed by atoms with Crippen molar-refractivity contribution in [3.05, 3.63) is 52.9 Å². The number of hydrogen-bond acceptors (Lipinski definition) is 3. The molecule has 1 aliphatic rings. The van der Waals surface area contributed by atoms with E-state index in [2.05, 4.69) is 24.2 Å². The maximum absolute atomic E-state index is 12.5. The highest BCUT2D eigenvalue weighted by atomic mass is 16.5. The lowest BCUT2D eigenvalue weighted by Gasteiger charge is -2.25. The Morgan fingerprint density at radius 3 is 2.85 bits per heavy atom. The van der Waals surface area contributed by atoms with Gasteiger partial charge in [-0.2, -0.15) is 0 Å². The van der Waals surface area contributed by atoms with Gasteiger partial charge in [-0.1, -0.05) is 29.4 Å². The van der Waals surface area contributed by atoms with Gasteiger partial charge in [0.2, 0.25) is 5.76 Å². The summed E-state index contributed by atoms with van der Waals surface area (Å²) in [6.45, 7) is 4.69. The molecular formula is C16H18N2O2. The SMILES string of the molecule is Cc1cc(C(=O)N2CCC[C@H]2c2ccccc2C)on1. The lowest BCUT2D eigenvalue weighted by atomic mass is 9.99. The number of aromatic nitrogens is 1. The molecule has 1 amide bonds. The van der Waals surface area contributed by atoms with E-state index in [1.807, 2.05) is 24.0 Å². The van der Waals surface area contributed by atoms with Crippen LogP contribution in [0.4, 0.5) is 0 Å². The van der Waals surface area contributed by atoms with Crippen LogP contribution in [0.3, 0.4) is 0 Å². The number of nitrogens with zero attached hydrogens (tertiary/aromatic N) is 2. The van der Waals surface area contributed by atoms with Crippen LogP contribution in [0.25, 0.3) is 0 Å². The molecule has 2 aromatic rings. The van der Waals surface area contributed by atoms with Crippen molar-refractivity contribution < 1.29 is 9.32 Å². The molecule has 0 bridgehead atoms. The molecule has 1 aromatic heterocycles. The molecule has 1 saturated heterocycles. The summed E-state index contributed by atoms with van der Waals surface area (Å²) in [5, 5.41) is 3.80. The van der Waals surface area contributed by atoms with Crippen molar-refractivity contribution in [1.82, 2.24) is 10.1 Å². The average Bonchev–Trinajstić information content (AvgIpc) is 3.07. The van der Waals surface area contributed by atoms with E-state index in [1.54, 1.807) is 6.07 Å². The number of aryl methyl sites for hydroxylation is 2. The molecule has 1 fully saturated rings. The second-order valence-corrected chi connectivity index (χ2v) is 5.35. The van der Waals surface area contributed by atoms with Crippen molar-refractivity contribution in [2.24, 2.45) is 0 Å². The fraction of sp³-hybridized carbons (Fsp3) is 0.375. The number of rotatable bonds is 2. The summed E-state index contributed by atoms with van der Waals surface area (Å²) < 4.78 is 5.11. The minimum Gasteiger partial charge on any atom is -0.351 e. The van der Waals surface area contributed by atoms with Crippen LogP contribution in [-0.4, -0.2) is 22.5 Å². The standard InChI is InChI=1S/C16H18N2O2/c1-11-6-3-4-7-13(11)14-8-5-9-18(14)16(19)15-10-12(2)17-20-15/h3-4,6-7,10,14H,5,8-9H2,1-2H3/t14-/m0/s1. The van der Waals surface area contributed by atoms with E-state index < -0.39 is 0 Å². The van der Waals surface area contributed by atoms with Gasteiger partial charge in [-0.15, -0.1) is 0 Å². The average molecular weight is 270 g/mol. The van der Waals surface area contributed by atoms with Crippen molar-refractivity contribution in [2.45, 2.75) is 32.7 Å². The van der Waals surface area contributed by atoms with Crippen molar-refractivity contribution in [1.29, 1.82) is 0 Å². The minimum atomic E-state index is -0.0589. The third-order valence-electron chi connectivity index (χ3n) is 3.90. The molecule has 4 nitrogen and oxygen atoms in total. The van der Waals surface area contributed by atoms with Gasteiger partial charge in [0.15, 0.2) is 0 Å². The first-order valence-corrected chi connectivity index (χ1v) is 6.96. The maximum atomic E-state index is 12.5. The first-order chi connectivity index (χ1) is 9.66. The Morgan fingerprint density at radius 1 is 1.35 bits per heavy atom. The van der Waals surface area contributed by atoms with E-state index in [-0.39, 0.29) is 11.9 Å². The van der Waals surface area contributed by atoms with E-state index in [9.17, 15) is 4.79 Å². The molecule has 0 radical (unpaired) electrons. The van der Waals surface area contributed by atoms with E-state index in [4.69, 9.17) is 4.52 Å². The van der Waals surface area contributed by atoms with Crippen LogP contribution in [0, 0.1) is 13.8 Å². The van der Waals surface area contributed by atoms with Crippen LogP contribution in [0.15, 0.2) is 34.9 Å². The van der Waals surface area contributed by atoms with Crippen LogP contribution < -0.4 is 0 Å². The molecule has 2 heterocycles. The topological polar surface area (TPSA) is 46.3 Å². The van der Waals surface area contributed by atoms with Gasteiger partial charge in [0.25, 0.3) is 5.91 Å². The number of amides is 1. The third kappa shape index (κ3) is 2.22. The monoisotopic (exact) mass is 270 g/mol. The molecule has 1 atom stereocenters. The van der Waals surface area contributed by atoms with Crippen molar-refractivity contribution in [2.75, 3.05) is 6.54 Å². The van der Waals surface area contributed by atoms with Gasteiger partial charge in [-0.05, 0) is 37.8 Å². The van der Waals surface area contributed by atoms with Crippen LogP contribution in [0.5, 0.6) is 0 Å². The molecule has 3 rings (SSSR count). The molecule has 0 aliphatic carbocycles. The van der Waals surface area contributed by atoms with E-state index in [0.29, 0.717) is 5.76 Å². The molecule has 4 heteroatoms. The summed E-state index contributed by atoms with van der Waals surface area (Å²) >= 11 is 0. The Morgan fingerprint density at radius 2 is 2.15 bits per heavy atom. The summed E-state index contributed by atoms with van der Waals surface area (Å²) in [4.78, 5) is 14.5. The Hall–Kier alpha value is -2.10. The fourth-order valence-corrected chi connectivity index (χ4v) is 2.90. The van der Waals surface area contributed by atoms with Gasteiger partial charge >= 0.3 is 0 Å². The highest BCUT2D eigenvalue weighted by molar-refractivity contribution is 5.92. The van der Waals surface area contributed by atoms with Crippen LogP contribution in [0.1, 0.15) is 46.3 Å². The predicted octanol–water partition coefficient (Wildman–Crippen LogP) is 3.27. The van der Waals surface area contributed by atoms with Gasteiger partial charge in [0.05, 0.1) is 11.7 Å². The fourth-order valence-electron chi connectivity index (χ4n) is 2.90. The molecule has 0 N–H and O–H groups in total. The second kappa shape index (κ2) is 5.12. The smallest absolute Gasteiger partial charge is 0.292 e. The molecule has 1 aliphatic heterocycles. The van der Waals surface area contributed by atoms with Crippen LogP contribution in [0.2, 0.25) is 0 Å². The van der Waals surface area contributed by atoms with Crippen molar-refractivity contribution in [3.63, 3.8) is 0 Å². The molecule has 0 spiro atoms. The number of carbonyl (C=O) groups is 1. The van der Waals surface area contributed by atoms with Crippen LogP contribution in [-0.2, 0) is 0 Å². The molecule has 1 aromatic carbocycles. The highest BCUT2D eigenvalue weighted by Crippen LogP contribution is 2.34. The number of hydrogen-bond donors (Lipinski definition) is 0. The molecular weight excluding hydrogens is 252 g/mol. The molecule has 0 saturated carbocycles. The summed E-state index contributed by atoms with van der Waals surface area (Å²) in [5.74, 6) is 0.277. The Labute approximate surface area is 118 Å². The quantitative estimate of drug-likeness (QED) is 0.841. The number of likely N-dealkylation sites (tertiary alicyclic amines) is 1. The van der Waals surface area contributed by atoms with Gasteiger partial charge in [-0.25, -0.2) is 0 Å². The minimum absolute atomic E-state index is 0.0589. The summed E-state index contributed by atoms with van der Waals surface area (Å²) in [5.41, 5.74) is 3.19. The zero-order valence-electron chi connectivity index (χ0n) is 11.8. The highest BCUT2D eigenvalue weighted by Gasteiger charge is 2.32. The zero-order valence-corrected chi connectivity index (χ0v) is 11.8. The van der Waals surface area contributed by atoms with Gasteiger partial charge < -0.3 is 9.42 Å². The zero-order chi connectivity index (χ0) is 14.1. The Kier molecular flexibility index (Phi) is 3.30. The lowest BCUT2D eigenvalue weighted by molar-refractivity contribution is 0.0693. The van der Waals surface area contributed by atoms with Gasteiger partial charge in [0, 0.05) is 12.6 Å². The molecule has 104 valence electrons. The van der Waals surface area contributed by atoms with Crippen molar-refractivity contribution in [3.8, 4) is 0 Å². The first kappa shape index (κ1) is 12.9. The largest absolute Gasteiger partial charge is 0.351 e. The first-order valence-electron chi connectivity index (χ1n) is 6.96. The summed E-state index contributed by atoms with van der Waals surface area (Å²) in [7, 11) is 0. The van der Waals surface area contributed by atoms with Gasteiger partial charge in [-0.3, -0.25) is 4.79 Å². The lowest BCUT2D eigenvalue weighted by Crippen LogP contribution is -2.30. The van der Waals surface area contributed by atoms with E-state index >= 15 is 0 Å². The van der Waals surface area contributed by atoms with E-state index in [1.165, 1.54) is 11.1 Å². The van der Waals surface area contributed by atoms with Crippen molar-refractivity contribution >= 4 is 5.91 Å². The second-order valence-electron chi connectivity index (χ2n) is 5.35. The Bertz CT molecular complexity index is 633. The van der Waals surface area contributed by atoms with Gasteiger partial charge in [0.1, 0.15) is 0 Å². The maximum Gasteiger partial charge on any atom is 0.292 e.